The highest BCUT2D eigenvalue weighted by Crippen LogP contribution is 2.09. The molecule has 6 nitrogen and oxygen atoms in total. The van der Waals surface area contributed by atoms with Gasteiger partial charge in [0.25, 0.3) is 0 Å². The molecule has 2 heterocycles. The van der Waals surface area contributed by atoms with E-state index < -0.39 is 0 Å². The number of rotatable bonds is 5. The van der Waals surface area contributed by atoms with E-state index >= 15 is 0 Å². The number of hydrogen-bond acceptors (Lipinski definition) is 5. The summed E-state index contributed by atoms with van der Waals surface area (Å²) < 4.78 is 2.09. The van der Waals surface area contributed by atoms with Gasteiger partial charge in [-0.3, -0.25) is 4.90 Å². The summed E-state index contributed by atoms with van der Waals surface area (Å²) in [5, 5.41) is 20.2. The second-order valence-electron chi connectivity index (χ2n) is 4.17. The monoisotopic (exact) mass is 225 g/mol. The Kier molecular flexibility index (Phi) is 3.87. The molecule has 0 saturated carbocycles. The largest absolute Gasteiger partial charge is 0.396 e. The zero-order chi connectivity index (χ0) is 11.4. The fourth-order valence-electron chi connectivity index (χ4n) is 2.07. The molecular weight excluding hydrogens is 206 g/mol. The van der Waals surface area contributed by atoms with Crippen LogP contribution >= 0.6 is 0 Å². The number of nitrogens with one attached hydrogen (secondary N) is 1. The van der Waals surface area contributed by atoms with Crippen LogP contribution in [-0.4, -0.2) is 57.6 Å². The van der Waals surface area contributed by atoms with Gasteiger partial charge in [-0.15, -0.1) is 10.2 Å². The summed E-state index contributed by atoms with van der Waals surface area (Å²) in [5.74, 6) is 1.03. The number of aromatic nitrogens is 3. The van der Waals surface area contributed by atoms with Crippen molar-refractivity contribution in [1.29, 1.82) is 0 Å². The molecule has 1 atom stereocenters. The Labute approximate surface area is 95.3 Å². The van der Waals surface area contributed by atoms with Gasteiger partial charge < -0.3 is 15.0 Å². The zero-order valence-electron chi connectivity index (χ0n) is 9.63. The predicted molar refractivity (Wildman–Crippen MR) is 59.8 cm³/mol. The van der Waals surface area contributed by atoms with E-state index in [2.05, 4.69) is 25.0 Å². The first-order valence-electron chi connectivity index (χ1n) is 5.70. The van der Waals surface area contributed by atoms with Gasteiger partial charge in [-0.25, -0.2) is 0 Å². The smallest absolute Gasteiger partial charge is 0.147 e. The molecule has 0 amide bonds. The minimum atomic E-state index is 0.232. The Hall–Kier alpha value is -0.980. The highest BCUT2D eigenvalue weighted by molar-refractivity contribution is 4.90. The van der Waals surface area contributed by atoms with E-state index in [9.17, 15) is 0 Å². The average molecular weight is 225 g/mol. The number of nitrogens with zero attached hydrogens (tertiary/aromatic N) is 4. The molecule has 1 aromatic heterocycles. The van der Waals surface area contributed by atoms with Crippen molar-refractivity contribution in [2.45, 2.75) is 25.6 Å². The van der Waals surface area contributed by atoms with Gasteiger partial charge in [-0.05, 0) is 13.5 Å². The molecule has 1 aliphatic heterocycles. The second-order valence-corrected chi connectivity index (χ2v) is 4.17. The van der Waals surface area contributed by atoms with Crippen LogP contribution in [0.1, 0.15) is 12.2 Å². The molecule has 1 unspecified atom stereocenters. The van der Waals surface area contributed by atoms with Crippen LogP contribution in [0.2, 0.25) is 0 Å². The third kappa shape index (κ3) is 2.58. The number of fused-ring (bicyclic) bond motifs is 1. The van der Waals surface area contributed by atoms with Gasteiger partial charge in [-0.1, -0.05) is 0 Å². The Morgan fingerprint density at radius 1 is 1.56 bits per heavy atom. The first-order valence-corrected chi connectivity index (χ1v) is 5.70. The summed E-state index contributed by atoms with van der Waals surface area (Å²) in [6, 6.07) is 0.347. The van der Waals surface area contributed by atoms with E-state index in [1.807, 2.05) is 7.05 Å². The average Bonchev–Trinajstić information content (AvgIpc) is 2.75. The standard InChI is InChI=1S/C10H19N5O/c1-11-9(2-5-16)6-14-3-4-15-8-12-13-10(15)7-14/h8-9,11,16H,2-7H2,1H3. The Balaban J connectivity index is 1.88. The molecule has 0 radical (unpaired) electrons. The van der Waals surface area contributed by atoms with Crippen LogP contribution in [0.4, 0.5) is 0 Å². The van der Waals surface area contributed by atoms with Crippen LogP contribution in [-0.2, 0) is 13.1 Å². The molecule has 2 N–H and O–H groups in total. The van der Waals surface area contributed by atoms with Crippen LogP contribution < -0.4 is 5.32 Å². The topological polar surface area (TPSA) is 66.2 Å². The molecular formula is C10H19N5O. The van der Waals surface area contributed by atoms with Gasteiger partial charge in [0.1, 0.15) is 12.2 Å². The molecule has 0 spiro atoms. The zero-order valence-corrected chi connectivity index (χ0v) is 9.63. The van der Waals surface area contributed by atoms with Gasteiger partial charge >= 0.3 is 0 Å². The fourth-order valence-corrected chi connectivity index (χ4v) is 2.07. The molecule has 6 heteroatoms. The highest BCUT2D eigenvalue weighted by atomic mass is 16.3. The number of aliphatic hydroxyl groups is 1. The van der Waals surface area contributed by atoms with E-state index in [1.54, 1.807) is 6.33 Å². The molecule has 0 saturated heterocycles. The van der Waals surface area contributed by atoms with Gasteiger partial charge in [-0.2, -0.15) is 0 Å². The fraction of sp³-hybridized carbons (Fsp3) is 0.800. The maximum Gasteiger partial charge on any atom is 0.147 e. The van der Waals surface area contributed by atoms with Crippen LogP contribution in [0.25, 0.3) is 0 Å². The van der Waals surface area contributed by atoms with Crippen LogP contribution in [0.3, 0.4) is 0 Å². The maximum absolute atomic E-state index is 8.94. The normalized spacial score (nSPS) is 18.4. The minimum absolute atomic E-state index is 0.232. The quantitative estimate of drug-likeness (QED) is 0.677. The summed E-state index contributed by atoms with van der Waals surface area (Å²) >= 11 is 0. The van der Waals surface area contributed by atoms with Gasteiger partial charge in [0.15, 0.2) is 0 Å². The second kappa shape index (κ2) is 5.38. The molecule has 1 aliphatic rings. The summed E-state index contributed by atoms with van der Waals surface area (Å²) in [6.07, 6.45) is 2.58. The van der Waals surface area contributed by atoms with Crippen molar-refractivity contribution in [3.05, 3.63) is 12.2 Å². The summed E-state index contributed by atoms with van der Waals surface area (Å²) in [6.45, 7) is 4.01. The van der Waals surface area contributed by atoms with E-state index in [0.717, 1.165) is 38.4 Å². The molecule has 0 aromatic carbocycles. The van der Waals surface area contributed by atoms with Crippen molar-refractivity contribution in [3.63, 3.8) is 0 Å². The third-order valence-electron chi connectivity index (χ3n) is 3.08. The van der Waals surface area contributed by atoms with Crippen molar-refractivity contribution in [1.82, 2.24) is 25.0 Å². The Morgan fingerprint density at radius 3 is 3.19 bits per heavy atom. The van der Waals surface area contributed by atoms with E-state index in [-0.39, 0.29) is 6.61 Å². The summed E-state index contributed by atoms with van der Waals surface area (Å²) in [7, 11) is 1.94. The first-order chi connectivity index (χ1) is 7.83. The number of hydrogen-bond donors (Lipinski definition) is 2. The van der Waals surface area contributed by atoms with E-state index in [1.165, 1.54) is 0 Å². The number of likely N-dealkylation sites (N-methyl/N-ethyl adjacent to an activating group) is 1. The van der Waals surface area contributed by atoms with E-state index in [4.69, 9.17) is 5.11 Å². The Bertz CT molecular complexity index is 327. The Morgan fingerprint density at radius 2 is 2.44 bits per heavy atom. The molecule has 0 fully saturated rings. The van der Waals surface area contributed by atoms with Crippen molar-refractivity contribution in [2.75, 3.05) is 26.7 Å². The van der Waals surface area contributed by atoms with Crippen LogP contribution in [0.15, 0.2) is 6.33 Å². The minimum Gasteiger partial charge on any atom is -0.396 e. The van der Waals surface area contributed by atoms with Gasteiger partial charge in [0.2, 0.25) is 0 Å². The van der Waals surface area contributed by atoms with Crippen LogP contribution in [0.5, 0.6) is 0 Å². The molecule has 0 aliphatic carbocycles. The van der Waals surface area contributed by atoms with Crippen molar-refractivity contribution in [2.24, 2.45) is 0 Å². The predicted octanol–water partition coefficient (Wildman–Crippen LogP) is -0.936. The van der Waals surface area contributed by atoms with Crippen molar-refractivity contribution >= 4 is 0 Å². The SMILES string of the molecule is CNC(CCO)CN1CCn2cnnc2C1. The lowest BCUT2D eigenvalue weighted by molar-refractivity contribution is 0.179. The third-order valence-corrected chi connectivity index (χ3v) is 3.08. The summed E-state index contributed by atoms with van der Waals surface area (Å²) in [4.78, 5) is 2.35. The van der Waals surface area contributed by atoms with Crippen molar-refractivity contribution in [3.8, 4) is 0 Å². The first kappa shape index (κ1) is 11.5. The summed E-state index contributed by atoms with van der Waals surface area (Å²) in [5.41, 5.74) is 0. The van der Waals surface area contributed by atoms with Gasteiger partial charge in [0.05, 0.1) is 6.54 Å². The van der Waals surface area contributed by atoms with Crippen molar-refractivity contribution < 1.29 is 5.11 Å². The van der Waals surface area contributed by atoms with Gasteiger partial charge in [0, 0.05) is 32.3 Å². The molecule has 2 rings (SSSR count). The molecule has 90 valence electrons. The lowest BCUT2D eigenvalue weighted by atomic mass is 10.2. The molecule has 16 heavy (non-hydrogen) atoms. The van der Waals surface area contributed by atoms with Crippen LogP contribution in [0, 0.1) is 0 Å². The molecule has 1 aromatic rings. The lowest BCUT2D eigenvalue weighted by Crippen LogP contribution is -2.43. The maximum atomic E-state index is 8.94. The molecule has 0 bridgehead atoms. The highest BCUT2D eigenvalue weighted by Gasteiger charge is 2.19. The van der Waals surface area contributed by atoms with E-state index in [0.29, 0.717) is 6.04 Å². The number of aliphatic hydroxyl groups excluding tert-OH is 1. The lowest BCUT2D eigenvalue weighted by Gasteiger charge is -2.30.